The molecule has 1 unspecified atom stereocenters. The molecule has 0 N–H and O–H groups in total. The highest BCUT2D eigenvalue weighted by atomic mass is 32.2. The Bertz CT molecular complexity index is 576. The third-order valence-corrected chi connectivity index (χ3v) is 8.42. The highest BCUT2D eigenvalue weighted by molar-refractivity contribution is 7.87. The summed E-state index contributed by atoms with van der Waals surface area (Å²) in [5.74, 6) is 2.62. The van der Waals surface area contributed by atoms with Gasteiger partial charge in [0.15, 0.2) is 0 Å². The van der Waals surface area contributed by atoms with Crippen molar-refractivity contribution in [2.75, 3.05) is 10.8 Å². The molecule has 4 saturated carbocycles. The van der Waals surface area contributed by atoms with Crippen molar-refractivity contribution < 1.29 is 4.21 Å². The van der Waals surface area contributed by atoms with Crippen LogP contribution >= 0.6 is 0 Å². The molecule has 1 heterocycles. The molecule has 0 saturated heterocycles. The smallest absolute Gasteiger partial charge is 0.126 e. The summed E-state index contributed by atoms with van der Waals surface area (Å²) in [6, 6.07) is 8.57. The number of hydrogen-bond acceptors (Lipinski definition) is 1. The predicted octanol–water partition coefficient (Wildman–Crippen LogP) is 3.68. The summed E-state index contributed by atoms with van der Waals surface area (Å²) in [4.78, 5) is 0. The van der Waals surface area contributed by atoms with Crippen molar-refractivity contribution in [3.63, 3.8) is 0 Å². The largest absolute Gasteiger partial charge is 0.291 e. The van der Waals surface area contributed by atoms with Gasteiger partial charge >= 0.3 is 0 Å². The van der Waals surface area contributed by atoms with E-state index >= 15 is 0 Å². The normalized spacial score (nSPS) is 41.3. The van der Waals surface area contributed by atoms with Crippen molar-refractivity contribution >= 4 is 16.7 Å². The van der Waals surface area contributed by atoms with Crippen LogP contribution in [0.5, 0.6) is 0 Å². The minimum Gasteiger partial charge on any atom is -0.291 e. The monoisotopic (exact) mass is 301 g/mol. The summed E-state index contributed by atoms with van der Waals surface area (Å²) in [5.41, 5.74) is 2.63. The lowest BCUT2D eigenvalue weighted by Crippen LogP contribution is -2.56. The van der Waals surface area contributed by atoms with Gasteiger partial charge in [0, 0.05) is 6.54 Å². The van der Waals surface area contributed by atoms with Crippen LogP contribution in [0.3, 0.4) is 0 Å². The molecule has 2 nitrogen and oxygen atoms in total. The van der Waals surface area contributed by atoms with Crippen LogP contribution in [0.25, 0.3) is 0 Å². The first kappa shape index (κ1) is 12.7. The Morgan fingerprint density at radius 1 is 1.00 bits per heavy atom. The van der Waals surface area contributed by atoms with E-state index < -0.39 is 11.0 Å². The standard InChI is InChI=1S/C18H23NOS/c20-21(19-6-5-16-3-1-2-4-17(16)19)18-10-13-7-14(11-18)9-15(8-13)12-18/h1-4,13-15H,5-12H2. The molecule has 1 aromatic carbocycles. The first-order valence-corrected chi connectivity index (χ1v) is 9.62. The molecule has 4 fully saturated rings. The quantitative estimate of drug-likeness (QED) is 0.816. The van der Waals surface area contributed by atoms with E-state index in [0.717, 1.165) is 30.7 Å². The Kier molecular flexibility index (Phi) is 2.62. The number of nitrogens with zero attached hydrogens (tertiary/aromatic N) is 1. The maximum atomic E-state index is 13.5. The molecule has 6 rings (SSSR count). The maximum Gasteiger partial charge on any atom is 0.126 e. The van der Waals surface area contributed by atoms with Crippen LogP contribution < -0.4 is 4.31 Å². The van der Waals surface area contributed by atoms with Crippen LogP contribution in [-0.4, -0.2) is 15.5 Å². The third kappa shape index (κ3) is 1.79. The van der Waals surface area contributed by atoms with E-state index in [4.69, 9.17) is 0 Å². The number of hydrogen-bond donors (Lipinski definition) is 0. The van der Waals surface area contributed by atoms with Crippen molar-refractivity contribution in [2.24, 2.45) is 17.8 Å². The lowest BCUT2D eigenvalue weighted by Gasteiger charge is -2.56. The molecule has 1 atom stereocenters. The number of anilines is 1. The van der Waals surface area contributed by atoms with E-state index in [1.165, 1.54) is 49.8 Å². The van der Waals surface area contributed by atoms with Crippen molar-refractivity contribution in [3.8, 4) is 0 Å². The van der Waals surface area contributed by atoms with Crippen LogP contribution in [0, 0.1) is 17.8 Å². The van der Waals surface area contributed by atoms with E-state index in [-0.39, 0.29) is 4.75 Å². The summed E-state index contributed by atoms with van der Waals surface area (Å²) in [6.07, 6.45) is 9.01. The van der Waals surface area contributed by atoms with Crippen molar-refractivity contribution in [3.05, 3.63) is 29.8 Å². The van der Waals surface area contributed by atoms with Crippen LogP contribution in [0.4, 0.5) is 5.69 Å². The Morgan fingerprint density at radius 3 is 2.29 bits per heavy atom. The number of benzene rings is 1. The first-order valence-electron chi connectivity index (χ1n) is 8.51. The molecule has 1 aliphatic heterocycles. The first-order chi connectivity index (χ1) is 10.2. The third-order valence-electron chi connectivity index (χ3n) is 6.40. The lowest BCUT2D eigenvalue weighted by atomic mass is 9.56. The van der Waals surface area contributed by atoms with E-state index in [9.17, 15) is 4.21 Å². The molecule has 4 bridgehead atoms. The molecule has 0 amide bonds. The van der Waals surface area contributed by atoms with Gasteiger partial charge in [-0.05, 0) is 74.3 Å². The van der Waals surface area contributed by atoms with Crippen LogP contribution in [0.2, 0.25) is 0 Å². The zero-order valence-electron chi connectivity index (χ0n) is 12.5. The summed E-state index contributed by atoms with van der Waals surface area (Å²) >= 11 is 0. The van der Waals surface area contributed by atoms with Gasteiger partial charge < -0.3 is 0 Å². The molecule has 5 aliphatic rings. The average molecular weight is 301 g/mol. The molecule has 3 heteroatoms. The Labute approximate surface area is 129 Å². The van der Waals surface area contributed by atoms with Gasteiger partial charge in [-0.3, -0.25) is 4.31 Å². The number of rotatable bonds is 2. The van der Waals surface area contributed by atoms with Gasteiger partial charge in [0.2, 0.25) is 0 Å². The summed E-state index contributed by atoms with van der Waals surface area (Å²) in [7, 11) is -0.828. The lowest BCUT2D eigenvalue weighted by molar-refractivity contribution is 0.0360. The van der Waals surface area contributed by atoms with Crippen LogP contribution in [-0.2, 0) is 17.4 Å². The fraction of sp³-hybridized carbons (Fsp3) is 0.667. The Morgan fingerprint density at radius 2 is 1.62 bits per heavy atom. The summed E-state index contributed by atoms with van der Waals surface area (Å²) in [6.45, 7) is 0.952. The van der Waals surface area contributed by atoms with Crippen LogP contribution in [0.1, 0.15) is 44.1 Å². The molecule has 0 radical (unpaired) electrons. The molecular formula is C18H23NOS. The van der Waals surface area contributed by atoms with Gasteiger partial charge in [0.1, 0.15) is 11.0 Å². The number of fused-ring (bicyclic) bond motifs is 1. The highest BCUT2D eigenvalue weighted by Gasteiger charge is 2.55. The van der Waals surface area contributed by atoms with Gasteiger partial charge in [0.25, 0.3) is 0 Å². The molecule has 21 heavy (non-hydrogen) atoms. The maximum absolute atomic E-state index is 13.5. The van der Waals surface area contributed by atoms with Gasteiger partial charge in [-0.15, -0.1) is 0 Å². The molecule has 0 spiro atoms. The molecule has 4 aliphatic carbocycles. The second kappa shape index (κ2) is 4.34. The predicted molar refractivity (Wildman–Crippen MR) is 86.5 cm³/mol. The minimum absolute atomic E-state index is 0.117. The highest BCUT2D eigenvalue weighted by Crippen LogP contribution is 2.58. The summed E-state index contributed by atoms with van der Waals surface area (Å²) in [5, 5.41) is 0. The van der Waals surface area contributed by atoms with Gasteiger partial charge in [-0.1, -0.05) is 18.2 Å². The Balaban J connectivity index is 1.50. The van der Waals surface area contributed by atoms with E-state index in [0.29, 0.717) is 0 Å². The fourth-order valence-electron chi connectivity index (χ4n) is 5.96. The van der Waals surface area contributed by atoms with Crippen molar-refractivity contribution in [2.45, 2.75) is 49.7 Å². The van der Waals surface area contributed by atoms with Crippen molar-refractivity contribution in [1.82, 2.24) is 0 Å². The van der Waals surface area contributed by atoms with E-state index in [1.807, 2.05) is 0 Å². The zero-order chi connectivity index (χ0) is 14.0. The van der Waals surface area contributed by atoms with Gasteiger partial charge in [-0.25, -0.2) is 4.21 Å². The Hall–Kier alpha value is -0.830. The zero-order valence-corrected chi connectivity index (χ0v) is 13.3. The summed E-state index contributed by atoms with van der Waals surface area (Å²) < 4.78 is 15.9. The second-order valence-electron chi connectivity index (χ2n) is 7.83. The SMILES string of the molecule is O=S(N1CCc2ccccc21)C12CC3CC(CC(C3)C1)C2. The average Bonchev–Trinajstić information content (AvgIpc) is 2.89. The molecule has 112 valence electrons. The van der Waals surface area contributed by atoms with Gasteiger partial charge in [0.05, 0.1) is 10.4 Å². The molecule has 0 aromatic heterocycles. The van der Waals surface area contributed by atoms with Crippen molar-refractivity contribution in [1.29, 1.82) is 0 Å². The van der Waals surface area contributed by atoms with E-state index in [2.05, 4.69) is 28.6 Å². The fourth-order valence-corrected chi connectivity index (χ4v) is 8.18. The second-order valence-corrected chi connectivity index (χ2v) is 9.64. The topological polar surface area (TPSA) is 20.3 Å². The minimum atomic E-state index is -0.828. The molecule has 1 aromatic rings. The molecular weight excluding hydrogens is 278 g/mol. The van der Waals surface area contributed by atoms with E-state index in [1.54, 1.807) is 0 Å². The van der Waals surface area contributed by atoms with Gasteiger partial charge in [-0.2, -0.15) is 0 Å². The number of para-hydroxylation sites is 1. The van der Waals surface area contributed by atoms with Crippen LogP contribution in [0.15, 0.2) is 24.3 Å².